The van der Waals surface area contributed by atoms with Gasteiger partial charge in [0, 0.05) is 31.1 Å². The molecule has 3 rings (SSSR count). The number of rotatable bonds is 14. The Hall–Kier alpha value is -3.06. The third-order valence-corrected chi connectivity index (χ3v) is 6.36. The summed E-state index contributed by atoms with van der Waals surface area (Å²) in [5.74, 6) is -0.166. The number of amides is 2. The number of para-hydroxylation sites is 1. The molecule has 0 spiro atoms. The average Bonchev–Trinajstić information content (AvgIpc) is 2.91. The lowest BCUT2D eigenvalue weighted by Crippen LogP contribution is -2.52. The normalized spacial score (nSPS) is 11.7. The van der Waals surface area contributed by atoms with Crippen LogP contribution in [0.1, 0.15) is 31.4 Å². The Labute approximate surface area is 234 Å². The van der Waals surface area contributed by atoms with Gasteiger partial charge in [0.15, 0.2) is 6.61 Å². The maximum Gasteiger partial charge on any atom is 0.261 e. The minimum absolute atomic E-state index is 0.127. The summed E-state index contributed by atoms with van der Waals surface area (Å²) in [4.78, 5) is 28.7. The molecule has 0 aliphatic rings. The van der Waals surface area contributed by atoms with Crippen LogP contribution in [0.4, 0.5) is 0 Å². The summed E-state index contributed by atoms with van der Waals surface area (Å²) < 4.78 is 11.3. The Balaban J connectivity index is 1.83. The first-order valence-corrected chi connectivity index (χ1v) is 13.4. The summed E-state index contributed by atoms with van der Waals surface area (Å²) in [7, 11) is 0. The predicted molar refractivity (Wildman–Crippen MR) is 152 cm³/mol. The van der Waals surface area contributed by atoms with Crippen molar-refractivity contribution in [3.05, 3.63) is 100 Å². The molecule has 0 radical (unpaired) electrons. The summed E-state index contributed by atoms with van der Waals surface area (Å²) in [6.45, 7) is 4.87. The molecule has 0 aliphatic heterocycles. The zero-order valence-corrected chi connectivity index (χ0v) is 23.3. The number of hydrogen-bond acceptors (Lipinski definition) is 4. The maximum absolute atomic E-state index is 13.6. The van der Waals surface area contributed by atoms with Crippen molar-refractivity contribution in [2.45, 2.75) is 45.4 Å². The highest BCUT2D eigenvalue weighted by Crippen LogP contribution is 2.24. The first-order valence-electron chi connectivity index (χ1n) is 12.7. The molecule has 0 aliphatic carbocycles. The molecule has 0 bridgehead atoms. The molecule has 6 nitrogen and oxygen atoms in total. The first-order chi connectivity index (χ1) is 18.3. The second-order valence-corrected chi connectivity index (χ2v) is 9.98. The van der Waals surface area contributed by atoms with E-state index in [1.54, 1.807) is 41.3 Å². The third-order valence-electron chi connectivity index (χ3n) is 5.80. The molecular formula is C30H34Cl2N2O4. The highest BCUT2D eigenvalue weighted by atomic mass is 35.5. The van der Waals surface area contributed by atoms with Gasteiger partial charge >= 0.3 is 0 Å². The van der Waals surface area contributed by atoms with Crippen molar-refractivity contribution in [3.8, 4) is 5.75 Å². The van der Waals surface area contributed by atoms with Crippen molar-refractivity contribution >= 4 is 35.0 Å². The lowest BCUT2D eigenvalue weighted by atomic mass is 10.0. The van der Waals surface area contributed by atoms with Gasteiger partial charge in [0.25, 0.3) is 5.91 Å². The van der Waals surface area contributed by atoms with Crippen LogP contribution in [0.25, 0.3) is 0 Å². The van der Waals surface area contributed by atoms with Crippen molar-refractivity contribution < 1.29 is 19.1 Å². The fourth-order valence-electron chi connectivity index (χ4n) is 3.85. The van der Waals surface area contributed by atoms with Gasteiger partial charge in [-0.2, -0.15) is 0 Å². The van der Waals surface area contributed by atoms with Crippen molar-refractivity contribution in [1.29, 1.82) is 0 Å². The van der Waals surface area contributed by atoms with Crippen LogP contribution in [0.5, 0.6) is 5.75 Å². The van der Waals surface area contributed by atoms with Crippen LogP contribution >= 0.6 is 23.2 Å². The molecule has 1 atom stereocenters. The number of halogens is 2. The number of nitrogens with one attached hydrogen (secondary N) is 1. The predicted octanol–water partition coefficient (Wildman–Crippen LogP) is 5.94. The zero-order chi connectivity index (χ0) is 27.3. The molecule has 3 aromatic carbocycles. The molecule has 1 N–H and O–H groups in total. The van der Waals surface area contributed by atoms with E-state index in [0.29, 0.717) is 41.8 Å². The van der Waals surface area contributed by atoms with Gasteiger partial charge in [0.2, 0.25) is 5.91 Å². The van der Waals surface area contributed by atoms with Crippen molar-refractivity contribution in [1.82, 2.24) is 10.2 Å². The minimum Gasteiger partial charge on any atom is -0.482 e. The van der Waals surface area contributed by atoms with E-state index in [1.165, 1.54) is 0 Å². The van der Waals surface area contributed by atoms with Gasteiger partial charge < -0.3 is 19.7 Å². The molecule has 1 unspecified atom stereocenters. The number of carbonyl (C=O) groups is 2. The Morgan fingerprint density at radius 1 is 0.895 bits per heavy atom. The lowest BCUT2D eigenvalue weighted by Gasteiger charge is -2.31. The molecule has 0 aromatic heterocycles. The van der Waals surface area contributed by atoms with Gasteiger partial charge in [0.1, 0.15) is 11.8 Å². The fourth-order valence-corrected chi connectivity index (χ4v) is 4.16. The van der Waals surface area contributed by atoms with Gasteiger partial charge in [-0.05, 0) is 55.7 Å². The van der Waals surface area contributed by atoms with Crippen molar-refractivity contribution in [2.24, 2.45) is 0 Å². The largest absolute Gasteiger partial charge is 0.482 e. The number of nitrogens with zero attached hydrogens (tertiary/aromatic N) is 1. The van der Waals surface area contributed by atoms with Crippen LogP contribution in [0.15, 0.2) is 78.9 Å². The molecule has 0 heterocycles. The summed E-state index contributed by atoms with van der Waals surface area (Å²) in [6.07, 6.45) is 1.14. The number of benzene rings is 3. The quantitative estimate of drug-likeness (QED) is 0.249. The van der Waals surface area contributed by atoms with E-state index in [2.05, 4.69) is 5.32 Å². The summed E-state index contributed by atoms with van der Waals surface area (Å²) in [5, 5.41) is 4.00. The average molecular weight is 558 g/mol. The molecule has 0 saturated heterocycles. The van der Waals surface area contributed by atoms with E-state index in [4.69, 9.17) is 32.7 Å². The Morgan fingerprint density at radius 3 is 2.26 bits per heavy atom. The highest BCUT2D eigenvalue weighted by Gasteiger charge is 2.30. The SMILES string of the molecule is CC(C)OCCCNC(=O)C(Cc1ccccc1)N(Cc1ccc(Cl)cc1)C(=O)COc1ccccc1Cl. The van der Waals surface area contributed by atoms with Crippen molar-refractivity contribution in [2.75, 3.05) is 19.8 Å². The van der Waals surface area contributed by atoms with Crippen LogP contribution in [0.2, 0.25) is 10.0 Å². The molecule has 0 saturated carbocycles. The van der Waals surface area contributed by atoms with E-state index in [9.17, 15) is 9.59 Å². The summed E-state index contributed by atoms with van der Waals surface area (Å²) in [6, 6.07) is 23.1. The molecule has 3 aromatic rings. The summed E-state index contributed by atoms with van der Waals surface area (Å²) >= 11 is 12.3. The van der Waals surface area contributed by atoms with Crippen molar-refractivity contribution in [3.63, 3.8) is 0 Å². The number of hydrogen-bond donors (Lipinski definition) is 1. The monoisotopic (exact) mass is 556 g/mol. The lowest BCUT2D eigenvalue weighted by molar-refractivity contribution is -0.142. The molecule has 202 valence electrons. The standard InChI is InChI=1S/C30H34Cl2N2O4/c1-22(2)37-18-8-17-33-30(36)27(19-23-9-4-3-5-10-23)34(20-24-13-15-25(31)16-14-24)29(35)21-38-28-12-7-6-11-26(28)32/h3-7,9-16,22,27H,8,17-21H2,1-2H3,(H,33,36). The molecular weight excluding hydrogens is 523 g/mol. The Bertz CT molecular complexity index is 1160. The van der Waals surface area contributed by atoms with E-state index in [-0.39, 0.29) is 31.1 Å². The number of ether oxygens (including phenoxy) is 2. The molecule has 38 heavy (non-hydrogen) atoms. The number of carbonyl (C=O) groups excluding carboxylic acids is 2. The molecule has 2 amide bonds. The minimum atomic E-state index is -0.763. The topological polar surface area (TPSA) is 67.9 Å². The molecule has 0 fully saturated rings. The van der Waals surface area contributed by atoms with Gasteiger partial charge in [-0.3, -0.25) is 9.59 Å². The highest BCUT2D eigenvalue weighted by molar-refractivity contribution is 6.32. The van der Waals surface area contributed by atoms with Crippen LogP contribution in [-0.4, -0.2) is 48.6 Å². The van der Waals surface area contributed by atoms with Crippen LogP contribution in [0, 0.1) is 0 Å². The van der Waals surface area contributed by atoms with Gasteiger partial charge in [0.05, 0.1) is 11.1 Å². The second kappa shape index (κ2) is 15.4. The van der Waals surface area contributed by atoms with E-state index in [1.807, 2.05) is 56.3 Å². The smallest absolute Gasteiger partial charge is 0.261 e. The second-order valence-electron chi connectivity index (χ2n) is 9.14. The maximum atomic E-state index is 13.6. The van der Waals surface area contributed by atoms with Crippen LogP contribution < -0.4 is 10.1 Å². The van der Waals surface area contributed by atoms with Crippen LogP contribution in [0.3, 0.4) is 0 Å². The van der Waals surface area contributed by atoms with Gasteiger partial charge in [-0.15, -0.1) is 0 Å². The third kappa shape index (κ3) is 9.67. The summed E-state index contributed by atoms with van der Waals surface area (Å²) in [5.41, 5.74) is 1.79. The zero-order valence-electron chi connectivity index (χ0n) is 21.7. The van der Waals surface area contributed by atoms with Crippen LogP contribution in [-0.2, 0) is 27.3 Å². The Morgan fingerprint density at radius 2 is 1.58 bits per heavy atom. The van der Waals surface area contributed by atoms with E-state index < -0.39 is 6.04 Å². The Kier molecular flexibility index (Phi) is 11.9. The fraction of sp³-hybridized carbons (Fsp3) is 0.333. The molecule has 8 heteroatoms. The van der Waals surface area contributed by atoms with E-state index >= 15 is 0 Å². The van der Waals surface area contributed by atoms with E-state index in [0.717, 1.165) is 11.1 Å². The first kappa shape index (κ1) is 29.5. The van der Waals surface area contributed by atoms with Gasteiger partial charge in [-0.1, -0.05) is 77.8 Å². The van der Waals surface area contributed by atoms with Gasteiger partial charge in [-0.25, -0.2) is 0 Å².